The molecule has 0 unspecified atom stereocenters. The highest BCUT2D eigenvalue weighted by atomic mass is 35.5. The van der Waals surface area contributed by atoms with Crippen LogP contribution in [0.3, 0.4) is 0 Å². The van der Waals surface area contributed by atoms with Crippen molar-refractivity contribution in [3.63, 3.8) is 0 Å². The van der Waals surface area contributed by atoms with Gasteiger partial charge < -0.3 is 5.32 Å². The largest absolute Gasteiger partial charge is 0.339 e. The number of hydrogen-bond acceptors (Lipinski definition) is 3. The van der Waals surface area contributed by atoms with Gasteiger partial charge in [-0.15, -0.1) is 0 Å². The van der Waals surface area contributed by atoms with Crippen molar-refractivity contribution in [2.75, 3.05) is 5.32 Å². The molecule has 0 saturated carbocycles. The summed E-state index contributed by atoms with van der Waals surface area (Å²) in [7, 11) is 0. The van der Waals surface area contributed by atoms with Crippen LogP contribution in [0.4, 0.5) is 15.9 Å². The standard InChI is InChI=1S/C10H6Cl2FN3/c11-7-3-6(1-2-8(7)13)15-10-5-14-4-9(12)16-10/h1-5H,(H,15,16). The van der Waals surface area contributed by atoms with Crippen molar-refractivity contribution in [2.24, 2.45) is 0 Å². The van der Waals surface area contributed by atoms with Crippen molar-refractivity contribution in [2.45, 2.75) is 0 Å². The SMILES string of the molecule is Fc1ccc(Nc2cncc(Cl)n2)cc1Cl. The van der Waals surface area contributed by atoms with Crippen LogP contribution in [0.1, 0.15) is 0 Å². The van der Waals surface area contributed by atoms with Crippen LogP contribution in [0.5, 0.6) is 0 Å². The third-order valence-corrected chi connectivity index (χ3v) is 2.27. The predicted octanol–water partition coefficient (Wildman–Crippen LogP) is 3.67. The van der Waals surface area contributed by atoms with Crippen LogP contribution in [-0.2, 0) is 0 Å². The number of nitrogens with one attached hydrogen (secondary N) is 1. The number of aromatic nitrogens is 2. The molecule has 2 rings (SSSR count). The molecule has 16 heavy (non-hydrogen) atoms. The lowest BCUT2D eigenvalue weighted by Gasteiger charge is -2.05. The molecule has 82 valence electrons. The summed E-state index contributed by atoms with van der Waals surface area (Å²) < 4.78 is 12.9. The van der Waals surface area contributed by atoms with E-state index >= 15 is 0 Å². The van der Waals surface area contributed by atoms with Crippen LogP contribution in [0, 0.1) is 5.82 Å². The Morgan fingerprint density at radius 3 is 2.69 bits per heavy atom. The number of hydrogen-bond donors (Lipinski definition) is 1. The molecule has 1 N–H and O–H groups in total. The highest BCUT2D eigenvalue weighted by molar-refractivity contribution is 6.31. The lowest BCUT2D eigenvalue weighted by molar-refractivity contribution is 0.628. The molecule has 0 amide bonds. The Morgan fingerprint density at radius 1 is 1.19 bits per heavy atom. The molecule has 0 fully saturated rings. The second-order valence-electron chi connectivity index (χ2n) is 2.98. The van der Waals surface area contributed by atoms with Crippen molar-refractivity contribution >= 4 is 34.7 Å². The fourth-order valence-electron chi connectivity index (χ4n) is 1.12. The highest BCUT2D eigenvalue weighted by Gasteiger charge is 2.02. The van der Waals surface area contributed by atoms with Gasteiger partial charge >= 0.3 is 0 Å². The van der Waals surface area contributed by atoms with Gasteiger partial charge in [-0.3, -0.25) is 4.98 Å². The van der Waals surface area contributed by atoms with Gasteiger partial charge in [0.25, 0.3) is 0 Å². The topological polar surface area (TPSA) is 37.8 Å². The first kappa shape index (κ1) is 11.1. The van der Waals surface area contributed by atoms with E-state index in [0.717, 1.165) is 0 Å². The zero-order chi connectivity index (χ0) is 11.5. The average molecular weight is 258 g/mol. The summed E-state index contributed by atoms with van der Waals surface area (Å²) in [6.45, 7) is 0. The van der Waals surface area contributed by atoms with Crippen LogP contribution in [0.15, 0.2) is 30.6 Å². The van der Waals surface area contributed by atoms with Crippen molar-refractivity contribution < 1.29 is 4.39 Å². The molecule has 0 radical (unpaired) electrons. The van der Waals surface area contributed by atoms with Crippen molar-refractivity contribution in [1.29, 1.82) is 0 Å². The van der Waals surface area contributed by atoms with Gasteiger partial charge in [0.1, 0.15) is 11.0 Å². The second kappa shape index (κ2) is 4.63. The first-order valence-corrected chi connectivity index (χ1v) is 5.10. The van der Waals surface area contributed by atoms with Crippen LogP contribution >= 0.6 is 23.2 Å². The minimum Gasteiger partial charge on any atom is -0.339 e. The van der Waals surface area contributed by atoms with E-state index in [0.29, 0.717) is 11.5 Å². The molecule has 2 aromatic rings. The molecule has 0 aliphatic rings. The fraction of sp³-hybridized carbons (Fsp3) is 0. The third-order valence-electron chi connectivity index (χ3n) is 1.80. The molecular formula is C10H6Cl2FN3. The number of rotatable bonds is 2. The molecule has 1 aromatic heterocycles. The van der Waals surface area contributed by atoms with Crippen molar-refractivity contribution in [3.8, 4) is 0 Å². The lowest BCUT2D eigenvalue weighted by Crippen LogP contribution is -1.94. The van der Waals surface area contributed by atoms with Crippen molar-refractivity contribution in [1.82, 2.24) is 9.97 Å². The molecule has 6 heteroatoms. The van der Waals surface area contributed by atoms with Gasteiger partial charge in [-0.2, -0.15) is 0 Å². The predicted molar refractivity (Wildman–Crippen MR) is 61.7 cm³/mol. The highest BCUT2D eigenvalue weighted by Crippen LogP contribution is 2.21. The first-order valence-electron chi connectivity index (χ1n) is 4.35. The Hall–Kier alpha value is -1.39. The minimum atomic E-state index is -0.468. The van der Waals surface area contributed by atoms with Gasteiger partial charge in [-0.1, -0.05) is 23.2 Å². The summed E-state index contributed by atoms with van der Waals surface area (Å²) in [5, 5.41) is 3.22. The van der Waals surface area contributed by atoms with Crippen LogP contribution in [-0.4, -0.2) is 9.97 Å². The van der Waals surface area contributed by atoms with Crippen LogP contribution in [0.25, 0.3) is 0 Å². The summed E-state index contributed by atoms with van der Waals surface area (Å²) in [4.78, 5) is 7.83. The van der Waals surface area contributed by atoms with Gasteiger partial charge in [0.05, 0.1) is 17.4 Å². The quantitative estimate of drug-likeness (QED) is 0.893. The molecule has 1 aromatic carbocycles. The van der Waals surface area contributed by atoms with Gasteiger partial charge in [-0.25, -0.2) is 9.37 Å². The Morgan fingerprint density at radius 2 is 2.00 bits per heavy atom. The summed E-state index contributed by atoms with van der Waals surface area (Å²) in [6.07, 6.45) is 2.92. The van der Waals surface area contributed by atoms with E-state index in [1.54, 1.807) is 6.07 Å². The molecule has 0 spiro atoms. The van der Waals surface area contributed by atoms with Crippen LogP contribution < -0.4 is 5.32 Å². The Balaban J connectivity index is 2.24. The molecular weight excluding hydrogens is 252 g/mol. The lowest BCUT2D eigenvalue weighted by atomic mass is 10.3. The van der Waals surface area contributed by atoms with Crippen LogP contribution in [0.2, 0.25) is 10.2 Å². The molecule has 0 bridgehead atoms. The van der Waals surface area contributed by atoms with E-state index in [1.807, 2.05) is 0 Å². The number of halogens is 3. The third kappa shape index (κ3) is 2.59. The zero-order valence-electron chi connectivity index (χ0n) is 7.92. The normalized spacial score (nSPS) is 10.2. The minimum absolute atomic E-state index is 0.0417. The molecule has 0 aliphatic carbocycles. The molecule has 0 aliphatic heterocycles. The Bertz CT molecular complexity index is 519. The van der Waals surface area contributed by atoms with E-state index in [9.17, 15) is 4.39 Å². The molecule has 3 nitrogen and oxygen atoms in total. The summed E-state index contributed by atoms with van der Waals surface area (Å²) in [5.74, 6) is -0.000398. The first-order chi connectivity index (χ1) is 7.65. The van der Waals surface area contributed by atoms with E-state index in [-0.39, 0.29) is 10.2 Å². The number of nitrogens with zero attached hydrogens (tertiary/aromatic N) is 2. The average Bonchev–Trinajstić information content (AvgIpc) is 2.24. The maximum atomic E-state index is 12.9. The Kier molecular flexibility index (Phi) is 3.22. The van der Waals surface area contributed by atoms with Gasteiger partial charge in [0.2, 0.25) is 0 Å². The van der Waals surface area contributed by atoms with Crippen molar-refractivity contribution in [3.05, 3.63) is 46.6 Å². The zero-order valence-corrected chi connectivity index (χ0v) is 9.43. The molecule has 0 atom stereocenters. The maximum Gasteiger partial charge on any atom is 0.150 e. The summed E-state index contributed by atoms with van der Waals surface area (Å²) in [5.41, 5.74) is 0.614. The fourth-order valence-corrected chi connectivity index (χ4v) is 1.45. The maximum absolute atomic E-state index is 12.9. The van der Waals surface area contributed by atoms with E-state index in [1.165, 1.54) is 24.5 Å². The molecule has 0 saturated heterocycles. The summed E-state index contributed by atoms with van der Waals surface area (Å²) >= 11 is 11.3. The number of anilines is 2. The Labute approximate surface area is 101 Å². The monoisotopic (exact) mass is 257 g/mol. The van der Waals surface area contributed by atoms with E-state index in [2.05, 4.69) is 15.3 Å². The number of benzene rings is 1. The second-order valence-corrected chi connectivity index (χ2v) is 3.78. The van der Waals surface area contributed by atoms with Gasteiger partial charge in [0.15, 0.2) is 5.82 Å². The van der Waals surface area contributed by atoms with E-state index in [4.69, 9.17) is 23.2 Å². The van der Waals surface area contributed by atoms with E-state index < -0.39 is 5.82 Å². The summed E-state index contributed by atoms with van der Waals surface area (Å²) in [6, 6.07) is 4.27. The van der Waals surface area contributed by atoms with Gasteiger partial charge in [0, 0.05) is 5.69 Å². The smallest absolute Gasteiger partial charge is 0.150 e. The van der Waals surface area contributed by atoms with Gasteiger partial charge in [-0.05, 0) is 18.2 Å². The molecule has 1 heterocycles.